The zero-order chi connectivity index (χ0) is 18.7. The number of carbonyl (C=O) groups excluding carboxylic acids is 2. The second-order valence-electron chi connectivity index (χ2n) is 6.22. The Kier molecular flexibility index (Phi) is 5.76. The van der Waals surface area contributed by atoms with E-state index < -0.39 is 24.6 Å². The molecule has 1 heterocycles. The van der Waals surface area contributed by atoms with Crippen molar-refractivity contribution in [2.45, 2.75) is 29.6 Å². The lowest BCUT2D eigenvalue weighted by Crippen LogP contribution is -2.24. The lowest BCUT2D eigenvalue weighted by Gasteiger charge is -2.15. The molecule has 136 valence electrons. The minimum absolute atomic E-state index is 0.00607. The van der Waals surface area contributed by atoms with Gasteiger partial charge in [0.2, 0.25) is 0 Å². The Labute approximate surface area is 156 Å². The molecule has 5 nitrogen and oxygen atoms in total. The fourth-order valence-electron chi connectivity index (χ4n) is 2.78. The molecule has 2 N–H and O–H groups in total. The maximum Gasteiger partial charge on any atom is 0.313 e. The van der Waals surface area contributed by atoms with E-state index in [9.17, 15) is 14.7 Å². The summed E-state index contributed by atoms with van der Waals surface area (Å²) in [4.78, 5) is 25.8. The van der Waals surface area contributed by atoms with Crippen molar-refractivity contribution in [1.82, 2.24) is 0 Å². The van der Waals surface area contributed by atoms with Crippen LogP contribution in [0.2, 0.25) is 0 Å². The molecule has 0 saturated carbocycles. The third kappa shape index (κ3) is 3.82. The molecule has 0 spiro atoms. The number of thioether (sulfide) groups is 1. The van der Waals surface area contributed by atoms with E-state index in [1.807, 2.05) is 30.3 Å². The molecule has 0 aromatic heterocycles. The van der Waals surface area contributed by atoms with Gasteiger partial charge in [-0.2, -0.15) is 0 Å². The van der Waals surface area contributed by atoms with E-state index in [0.717, 1.165) is 21.6 Å². The number of aliphatic hydroxyl groups is 2. The molecule has 0 radical (unpaired) electrons. The number of hydrogen-bond acceptors (Lipinski definition) is 6. The average molecular weight is 372 g/mol. The van der Waals surface area contributed by atoms with Crippen molar-refractivity contribution >= 4 is 23.5 Å². The van der Waals surface area contributed by atoms with Crippen LogP contribution in [0.5, 0.6) is 0 Å². The summed E-state index contributed by atoms with van der Waals surface area (Å²) >= 11 is 1.58. The highest BCUT2D eigenvalue weighted by atomic mass is 32.2. The number of carbonyl (C=O) groups is 2. The van der Waals surface area contributed by atoms with Gasteiger partial charge in [-0.15, -0.1) is 11.8 Å². The second kappa shape index (κ2) is 8.03. The van der Waals surface area contributed by atoms with E-state index in [-0.39, 0.29) is 12.4 Å². The van der Waals surface area contributed by atoms with Crippen LogP contribution in [0, 0.1) is 0 Å². The molecule has 0 aliphatic carbocycles. The molecule has 1 aliphatic rings. The van der Waals surface area contributed by atoms with Gasteiger partial charge >= 0.3 is 5.97 Å². The fourth-order valence-corrected chi connectivity index (χ4v) is 3.87. The predicted octanol–water partition coefficient (Wildman–Crippen LogP) is 2.52. The van der Waals surface area contributed by atoms with Gasteiger partial charge in [0.25, 0.3) is 0 Å². The normalized spacial score (nSPS) is 15.4. The minimum Gasteiger partial charge on any atom is -0.462 e. The van der Waals surface area contributed by atoms with Gasteiger partial charge in [0.1, 0.15) is 12.7 Å². The van der Waals surface area contributed by atoms with Crippen LogP contribution >= 0.6 is 11.8 Å². The molecule has 0 saturated heterocycles. The topological polar surface area (TPSA) is 83.8 Å². The van der Waals surface area contributed by atoms with Gasteiger partial charge in [-0.05, 0) is 30.2 Å². The van der Waals surface area contributed by atoms with Crippen molar-refractivity contribution in [2.75, 3.05) is 13.2 Å². The van der Waals surface area contributed by atoms with Gasteiger partial charge in [0.15, 0.2) is 5.78 Å². The number of ether oxygens (including phenoxy) is 1. The van der Waals surface area contributed by atoms with Crippen LogP contribution in [0.25, 0.3) is 0 Å². The number of hydrogen-bond donors (Lipinski definition) is 2. The van der Waals surface area contributed by atoms with Crippen LogP contribution in [-0.2, 0) is 15.3 Å². The maximum atomic E-state index is 12.8. The summed E-state index contributed by atoms with van der Waals surface area (Å²) in [5.74, 6) is -0.327. The van der Waals surface area contributed by atoms with Gasteiger partial charge in [0.05, 0.1) is 12.5 Å². The van der Waals surface area contributed by atoms with Crippen molar-refractivity contribution in [3.05, 3.63) is 64.7 Å². The van der Waals surface area contributed by atoms with Crippen molar-refractivity contribution in [3.63, 3.8) is 0 Å². The van der Waals surface area contributed by atoms with Crippen LogP contribution in [0.4, 0.5) is 0 Å². The first kappa shape index (κ1) is 18.6. The summed E-state index contributed by atoms with van der Waals surface area (Å²) in [5, 5.41) is 18.1. The third-order valence-electron chi connectivity index (χ3n) is 4.38. The van der Waals surface area contributed by atoms with Gasteiger partial charge < -0.3 is 14.9 Å². The molecule has 2 aromatic carbocycles. The zero-order valence-corrected chi connectivity index (χ0v) is 15.2. The second-order valence-corrected chi connectivity index (χ2v) is 7.24. The number of benzene rings is 2. The van der Waals surface area contributed by atoms with Crippen LogP contribution in [0.15, 0.2) is 47.4 Å². The summed E-state index contributed by atoms with van der Waals surface area (Å²) in [5.41, 5.74) is 3.11. The molecule has 0 amide bonds. The summed E-state index contributed by atoms with van der Waals surface area (Å²) in [7, 11) is 0. The number of aliphatic hydroxyl groups excluding tert-OH is 2. The Balaban J connectivity index is 1.81. The highest BCUT2D eigenvalue weighted by Gasteiger charge is 2.24. The van der Waals surface area contributed by atoms with E-state index in [1.54, 1.807) is 30.8 Å². The van der Waals surface area contributed by atoms with Crippen LogP contribution < -0.4 is 0 Å². The molecule has 3 rings (SSSR count). The SMILES string of the molecule is CC(C(=O)OCC(O)CO)c1ccc2c(c1)SCc1ccccc1C2=O. The Morgan fingerprint density at radius 1 is 1.23 bits per heavy atom. The van der Waals surface area contributed by atoms with E-state index in [4.69, 9.17) is 9.84 Å². The van der Waals surface area contributed by atoms with Crippen molar-refractivity contribution < 1.29 is 24.5 Å². The van der Waals surface area contributed by atoms with Crippen LogP contribution in [-0.4, -0.2) is 41.3 Å². The Hall–Kier alpha value is -2.15. The first-order valence-corrected chi connectivity index (χ1v) is 9.34. The number of rotatable bonds is 5. The molecular weight excluding hydrogens is 352 g/mol. The summed E-state index contributed by atoms with van der Waals surface area (Å²) < 4.78 is 5.03. The van der Waals surface area contributed by atoms with Gasteiger partial charge in [-0.25, -0.2) is 0 Å². The lowest BCUT2D eigenvalue weighted by molar-refractivity contribution is -0.148. The quantitative estimate of drug-likeness (QED) is 0.785. The average Bonchev–Trinajstić information content (AvgIpc) is 2.82. The van der Waals surface area contributed by atoms with Gasteiger partial charge in [-0.3, -0.25) is 9.59 Å². The van der Waals surface area contributed by atoms with Crippen molar-refractivity contribution in [2.24, 2.45) is 0 Å². The lowest BCUT2D eigenvalue weighted by atomic mass is 9.95. The van der Waals surface area contributed by atoms with Crippen molar-refractivity contribution in [1.29, 1.82) is 0 Å². The third-order valence-corrected chi connectivity index (χ3v) is 5.48. The molecule has 2 unspecified atom stereocenters. The fraction of sp³-hybridized carbons (Fsp3) is 0.300. The monoisotopic (exact) mass is 372 g/mol. The summed E-state index contributed by atoms with van der Waals surface area (Å²) in [6.45, 7) is 1.01. The van der Waals surface area contributed by atoms with E-state index >= 15 is 0 Å². The molecule has 0 fully saturated rings. The zero-order valence-electron chi connectivity index (χ0n) is 14.3. The first-order chi connectivity index (χ1) is 12.5. The van der Waals surface area contributed by atoms with E-state index in [1.165, 1.54) is 0 Å². The maximum absolute atomic E-state index is 12.8. The molecule has 2 aromatic rings. The molecule has 26 heavy (non-hydrogen) atoms. The van der Waals surface area contributed by atoms with Crippen LogP contribution in [0.1, 0.15) is 39.9 Å². The molecule has 1 aliphatic heterocycles. The Morgan fingerprint density at radius 2 is 2.00 bits per heavy atom. The smallest absolute Gasteiger partial charge is 0.313 e. The minimum atomic E-state index is -1.08. The van der Waals surface area contributed by atoms with Crippen molar-refractivity contribution in [3.8, 4) is 0 Å². The van der Waals surface area contributed by atoms with E-state index in [0.29, 0.717) is 11.3 Å². The van der Waals surface area contributed by atoms with Crippen LogP contribution in [0.3, 0.4) is 0 Å². The number of ketones is 1. The molecular formula is C20H20O5S. The first-order valence-electron chi connectivity index (χ1n) is 8.36. The largest absolute Gasteiger partial charge is 0.462 e. The Morgan fingerprint density at radius 3 is 2.77 bits per heavy atom. The summed E-state index contributed by atoms with van der Waals surface area (Å²) in [6, 6.07) is 13.0. The van der Waals surface area contributed by atoms with E-state index in [2.05, 4.69) is 0 Å². The molecule has 6 heteroatoms. The predicted molar refractivity (Wildman–Crippen MR) is 98.3 cm³/mol. The summed E-state index contributed by atoms with van der Waals surface area (Å²) in [6.07, 6.45) is -1.08. The number of esters is 1. The molecule has 2 atom stereocenters. The number of fused-ring (bicyclic) bond motifs is 2. The Bertz CT molecular complexity index is 833. The highest BCUT2D eigenvalue weighted by Crippen LogP contribution is 2.35. The van der Waals surface area contributed by atoms with Gasteiger partial charge in [0, 0.05) is 21.8 Å². The van der Waals surface area contributed by atoms with Gasteiger partial charge in [-0.1, -0.05) is 30.3 Å². The molecule has 0 bridgehead atoms. The highest BCUT2D eigenvalue weighted by molar-refractivity contribution is 7.98. The standard InChI is InChI=1S/C20H20O5S/c1-12(20(24)25-10-15(22)9-21)13-6-7-17-18(8-13)26-11-14-4-2-3-5-16(14)19(17)23/h2-8,12,15,21-22H,9-11H2,1H3.